The van der Waals surface area contributed by atoms with E-state index in [1.807, 2.05) is 19.1 Å². The molecular formula is C22H21F2N5O. The molecule has 1 saturated heterocycles. The Morgan fingerprint density at radius 1 is 1.17 bits per heavy atom. The van der Waals surface area contributed by atoms with Gasteiger partial charge in [-0.15, -0.1) is 0 Å². The van der Waals surface area contributed by atoms with E-state index in [1.165, 1.54) is 4.90 Å². The summed E-state index contributed by atoms with van der Waals surface area (Å²) in [6.07, 6.45) is 2.87. The fourth-order valence-electron chi connectivity index (χ4n) is 3.45. The molecule has 3 heterocycles. The number of carbonyl (C=O) groups excluding carboxylic acids is 1. The predicted octanol–water partition coefficient (Wildman–Crippen LogP) is 4.60. The van der Waals surface area contributed by atoms with Crippen LogP contribution in [-0.2, 0) is 0 Å². The number of aromatic amines is 1. The van der Waals surface area contributed by atoms with Gasteiger partial charge in [0.15, 0.2) is 5.82 Å². The number of alkyl halides is 2. The molecule has 154 valence electrons. The number of nitrogens with one attached hydrogen (secondary N) is 2. The highest BCUT2D eigenvalue weighted by atomic mass is 19.3. The maximum atomic E-state index is 13.8. The van der Waals surface area contributed by atoms with Gasteiger partial charge in [0.05, 0.1) is 17.9 Å². The lowest BCUT2D eigenvalue weighted by atomic mass is 10.1. The fraction of sp³-hybridized carbons (Fsp3) is 0.227. The molecule has 0 aliphatic carbocycles. The van der Waals surface area contributed by atoms with Crippen LogP contribution in [0.5, 0.6) is 0 Å². The maximum absolute atomic E-state index is 13.8. The normalized spacial score (nSPS) is 15.2. The van der Waals surface area contributed by atoms with Gasteiger partial charge in [-0.25, -0.2) is 13.8 Å². The highest BCUT2D eigenvalue weighted by molar-refractivity contribution is 6.08. The number of hydrogen-bond donors (Lipinski definition) is 2. The second kappa shape index (κ2) is 7.70. The number of carbonyl (C=O) groups is 1. The minimum absolute atomic E-state index is 0.155. The summed E-state index contributed by atoms with van der Waals surface area (Å²) in [4.78, 5) is 18.8. The van der Waals surface area contributed by atoms with Gasteiger partial charge in [-0.2, -0.15) is 5.10 Å². The van der Waals surface area contributed by atoms with Crippen molar-refractivity contribution < 1.29 is 13.6 Å². The number of halogens is 2. The molecule has 2 aromatic heterocycles. The first-order chi connectivity index (χ1) is 14.3. The largest absolute Gasteiger partial charge is 0.349 e. The van der Waals surface area contributed by atoms with Crippen molar-refractivity contribution in [2.45, 2.75) is 19.3 Å². The third-order valence-electron chi connectivity index (χ3n) is 5.07. The van der Waals surface area contributed by atoms with E-state index in [9.17, 15) is 13.6 Å². The van der Waals surface area contributed by atoms with Crippen molar-refractivity contribution in [1.29, 1.82) is 0 Å². The second-order valence-corrected chi connectivity index (χ2v) is 7.37. The van der Waals surface area contributed by atoms with Gasteiger partial charge in [-0.3, -0.25) is 9.89 Å². The number of amides is 1. The van der Waals surface area contributed by atoms with Gasteiger partial charge in [0.2, 0.25) is 0 Å². The molecule has 1 fully saturated rings. The number of hydrogen-bond acceptors (Lipinski definition) is 4. The van der Waals surface area contributed by atoms with Crippen molar-refractivity contribution in [3.05, 3.63) is 66.5 Å². The van der Waals surface area contributed by atoms with Crippen LogP contribution in [0.4, 0.5) is 20.3 Å². The molecule has 0 unspecified atom stereocenters. The average molecular weight is 409 g/mol. The Bertz CT molecular complexity index is 1080. The number of nitrogens with zero attached hydrogens (tertiary/aromatic N) is 3. The van der Waals surface area contributed by atoms with Crippen LogP contribution in [0.25, 0.3) is 16.8 Å². The summed E-state index contributed by atoms with van der Waals surface area (Å²) < 4.78 is 27.7. The van der Waals surface area contributed by atoms with E-state index in [-0.39, 0.29) is 18.9 Å². The first-order valence-electron chi connectivity index (χ1n) is 9.53. The number of H-pyrrole nitrogens is 1. The van der Waals surface area contributed by atoms with Gasteiger partial charge >= 0.3 is 0 Å². The Balaban J connectivity index is 1.71. The molecule has 1 aliphatic heterocycles. The molecule has 30 heavy (non-hydrogen) atoms. The monoisotopic (exact) mass is 409 g/mol. The third-order valence-corrected chi connectivity index (χ3v) is 5.07. The molecule has 3 aromatic rings. The van der Waals surface area contributed by atoms with E-state index in [1.54, 1.807) is 36.7 Å². The lowest BCUT2D eigenvalue weighted by Gasteiger charge is -2.22. The topological polar surface area (TPSA) is 73.9 Å². The van der Waals surface area contributed by atoms with Gasteiger partial charge in [0, 0.05) is 36.5 Å². The van der Waals surface area contributed by atoms with Crippen molar-refractivity contribution >= 4 is 23.0 Å². The number of pyridine rings is 1. The Labute approximate surface area is 172 Å². The lowest BCUT2D eigenvalue weighted by Crippen LogP contribution is -2.27. The van der Waals surface area contributed by atoms with Gasteiger partial charge in [0.1, 0.15) is 0 Å². The molecule has 1 aliphatic rings. The van der Waals surface area contributed by atoms with Crippen molar-refractivity contribution in [3.8, 4) is 11.3 Å². The van der Waals surface area contributed by atoms with E-state index in [2.05, 4.69) is 27.1 Å². The zero-order valence-corrected chi connectivity index (χ0v) is 16.5. The first kappa shape index (κ1) is 19.8. The number of benzene rings is 1. The Morgan fingerprint density at radius 3 is 2.50 bits per heavy atom. The molecule has 1 aromatic carbocycles. The van der Waals surface area contributed by atoms with E-state index in [4.69, 9.17) is 0 Å². The van der Waals surface area contributed by atoms with Crippen LogP contribution in [0.15, 0.2) is 55.4 Å². The summed E-state index contributed by atoms with van der Waals surface area (Å²) in [5.74, 6) is -2.83. The zero-order chi connectivity index (χ0) is 21.3. The average Bonchev–Trinajstić information content (AvgIpc) is 3.37. The smallest absolute Gasteiger partial charge is 0.266 e. The van der Waals surface area contributed by atoms with Crippen molar-refractivity contribution in [2.24, 2.45) is 0 Å². The van der Waals surface area contributed by atoms with Gasteiger partial charge < -0.3 is 10.2 Å². The van der Waals surface area contributed by atoms with Crippen molar-refractivity contribution in [2.75, 3.05) is 23.3 Å². The summed E-state index contributed by atoms with van der Waals surface area (Å²) in [7, 11) is 0. The summed E-state index contributed by atoms with van der Waals surface area (Å²) in [6.45, 7) is 5.49. The van der Waals surface area contributed by atoms with E-state index in [0.717, 1.165) is 11.1 Å². The van der Waals surface area contributed by atoms with Crippen LogP contribution in [0.1, 0.15) is 29.3 Å². The van der Waals surface area contributed by atoms with Crippen molar-refractivity contribution in [1.82, 2.24) is 15.2 Å². The third kappa shape index (κ3) is 3.94. The molecule has 0 saturated carbocycles. The number of anilines is 2. The van der Waals surface area contributed by atoms with Crippen LogP contribution < -0.4 is 10.2 Å². The van der Waals surface area contributed by atoms with Crippen LogP contribution in [-0.4, -0.2) is 40.1 Å². The van der Waals surface area contributed by atoms with E-state index < -0.39 is 12.5 Å². The quantitative estimate of drug-likeness (QED) is 0.646. The lowest BCUT2D eigenvalue weighted by molar-refractivity contribution is 0.0257. The highest BCUT2D eigenvalue weighted by Gasteiger charge is 2.40. The van der Waals surface area contributed by atoms with Crippen LogP contribution >= 0.6 is 0 Å². The van der Waals surface area contributed by atoms with Crippen LogP contribution in [0, 0.1) is 0 Å². The molecule has 4 rings (SSSR count). The summed E-state index contributed by atoms with van der Waals surface area (Å²) >= 11 is 0. The molecule has 6 nitrogen and oxygen atoms in total. The van der Waals surface area contributed by atoms with Gasteiger partial charge in [-0.05, 0) is 36.8 Å². The van der Waals surface area contributed by atoms with Crippen LogP contribution in [0.2, 0.25) is 0 Å². The maximum Gasteiger partial charge on any atom is 0.266 e. The molecule has 2 N–H and O–H groups in total. The highest BCUT2D eigenvalue weighted by Crippen LogP contribution is 2.38. The molecular weight excluding hydrogens is 388 g/mol. The van der Waals surface area contributed by atoms with Gasteiger partial charge in [0.25, 0.3) is 11.8 Å². The first-order valence-corrected chi connectivity index (χ1v) is 9.53. The standard InChI is InChI=1S/C22H21F2N5O/c1-14(2)15-3-5-16(6-4-15)21(30)27-19-17(18-8-11-26-28-18)7-10-25-20(19)29-12-9-22(23,24)13-29/h3-8,10-11H,1,9,12-13H2,2H3,(H,26,28)(H,27,30). The number of allylic oxidation sites excluding steroid dienone is 1. The van der Waals surface area contributed by atoms with Crippen molar-refractivity contribution in [3.63, 3.8) is 0 Å². The molecule has 0 bridgehead atoms. The van der Waals surface area contributed by atoms with Gasteiger partial charge in [-0.1, -0.05) is 24.3 Å². The Hall–Kier alpha value is -3.55. The van der Waals surface area contributed by atoms with E-state index >= 15 is 0 Å². The molecule has 0 spiro atoms. The minimum Gasteiger partial charge on any atom is -0.349 e. The summed E-state index contributed by atoms with van der Waals surface area (Å²) in [5.41, 5.74) is 3.92. The molecule has 0 atom stereocenters. The Kier molecular flexibility index (Phi) is 5.07. The second-order valence-electron chi connectivity index (χ2n) is 7.37. The zero-order valence-electron chi connectivity index (χ0n) is 16.5. The van der Waals surface area contributed by atoms with E-state index in [0.29, 0.717) is 28.3 Å². The SMILES string of the molecule is C=C(C)c1ccc(C(=O)Nc2c(-c3ccn[nH]3)ccnc2N2CCC(F)(F)C2)cc1. The molecule has 1 amide bonds. The fourth-order valence-corrected chi connectivity index (χ4v) is 3.45. The van der Waals surface area contributed by atoms with Crippen LogP contribution in [0.3, 0.4) is 0 Å². The number of rotatable bonds is 5. The Morgan fingerprint density at radius 2 is 1.90 bits per heavy atom. The summed E-state index contributed by atoms with van der Waals surface area (Å²) in [6, 6.07) is 10.5. The minimum atomic E-state index is -2.79. The predicted molar refractivity (Wildman–Crippen MR) is 113 cm³/mol. The summed E-state index contributed by atoms with van der Waals surface area (Å²) in [5, 5.41) is 9.69. The molecule has 0 radical (unpaired) electrons. The number of aromatic nitrogens is 3. The molecule has 8 heteroatoms.